The summed E-state index contributed by atoms with van der Waals surface area (Å²) in [5.74, 6) is 1.67. The van der Waals surface area contributed by atoms with Crippen LogP contribution in [-0.4, -0.2) is 19.3 Å². The van der Waals surface area contributed by atoms with Gasteiger partial charge in [-0.25, -0.2) is 0 Å². The molecule has 5 heteroatoms. The number of hydrogen-bond donors (Lipinski definition) is 1. The molecule has 1 atom stereocenters. The molecule has 1 unspecified atom stereocenters. The van der Waals surface area contributed by atoms with E-state index in [1.807, 2.05) is 62.6 Å². The molecule has 1 aromatic heterocycles. The highest BCUT2D eigenvalue weighted by Crippen LogP contribution is 2.30. The van der Waals surface area contributed by atoms with Gasteiger partial charge in [0.25, 0.3) is 5.91 Å². The molecule has 4 nitrogen and oxygen atoms in total. The average Bonchev–Trinajstić information content (AvgIpc) is 3.01. The van der Waals surface area contributed by atoms with Crippen molar-refractivity contribution in [3.05, 3.63) is 64.9 Å². The van der Waals surface area contributed by atoms with Crippen LogP contribution >= 0.6 is 11.8 Å². The van der Waals surface area contributed by atoms with Gasteiger partial charge in [-0.15, -0.1) is 0 Å². The molecule has 0 saturated heterocycles. The van der Waals surface area contributed by atoms with Crippen LogP contribution in [0.2, 0.25) is 0 Å². The van der Waals surface area contributed by atoms with Gasteiger partial charge in [0.2, 0.25) is 0 Å². The number of fused-ring (bicyclic) bond motifs is 1. The molecule has 3 rings (SSSR count). The van der Waals surface area contributed by atoms with Gasteiger partial charge in [-0.3, -0.25) is 4.79 Å². The summed E-state index contributed by atoms with van der Waals surface area (Å²) in [6.45, 7) is 3.97. The Morgan fingerprint density at radius 1 is 1.27 bits per heavy atom. The molecular weight excluding hydrogens is 346 g/mol. The van der Waals surface area contributed by atoms with Crippen molar-refractivity contribution in [2.45, 2.75) is 25.6 Å². The first kappa shape index (κ1) is 18.4. The van der Waals surface area contributed by atoms with Crippen molar-refractivity contribution >= 4 is 28.6 Å². The fourth-order valence-corrected chi connectivity index (χ4v) is 3.68. The molecular formula is C21H23NO3S. The summed E-state index contributed by atoms with van der Waals surface area (Å²) in [5.41, 5.74) is 3.74. The van der Waals surface area contributed by atoms with E-state index in [1.54, 1.807) is 18.9 Å². The lowest BCUT2D eigenvalue weighted by Crippen LogP contribution is -2.27. The Labute approximate surface area is 157 Å². The normalized spacial score (nSPS) is 12.2. The second-order valence-corrected chi connectivity index (χ2v) is 7.15. The standard InChI is InChI=1S/C21H23NO3S/c1-13-9-10-18(24-3)16(11-13)14(2)22-21(23)20-17(12-26-4)15-7-5-6-8-19(15)25-20/h5-11,14H,12H2,1-4H3,(H,22,23). The van der Waals surface area contributed by atoms with Crippen LogP contribution in [0.15, 0.2) is 46.9 Å². The SMILES string of the molecule is COc1ccc(C)cc1C(C)NC(=O)c1oc2ccccc2c1CSC. The number of para-hydroxylation sites is 1. The zero-order chi connectivity index (χ0) is 18.7. The fraction of sp³-hybridized carbons (Fsp3) is 0.286. The maximum atomic E-state index is 12.9. The van der Waals surface area contributed by atoms with Gasteiger partial charge >= 0.3 is 0 Å². The monoisotopic (exact) mass is 369 g/mol. The van der Waals surface area contributed by atoms with Crippen molar-refractivity contribution in [2.24, 2.45) is 0 Å². The Morgan fingerprint density at radius 2 is 2.04 bits per heavy atom. The van der Waals surface area contributed by atoms with Crippen molar-refractivity contribution in [1.82, 2.24) is 5.32 Å². The summed E-state index contributed by atoms with van der Waals surface area (Å²) in [6, 6.07) is 13.5. The Hall–Kier alpha value is -2.40. The maximum absolute atomic E-state index is 12.9. The molecule has 2 aromatic carbocycles. The zero-order valence-corrected chi connectivity index (χ0v) is 16.3. The van der Waals surface area contributed by atoms with Crippen LogP contribution in [0.4, 0.5) is 0 Å². The lowest BCUT2D eigenvalue weighted by Gasteiger charge is -2.17. The van der Waals surface area contributed by atoms with Crippen molar-refractivity contribution in [3.63, 3.8) is 0 Å². The molecule has 0 radical (unpaired) electrons. The van der Waals surface area contributed by atoms with Crippen LogP contribution in [0, 0.1) is 6.92 Å². The lowest BCUT2D eigenvalue weighted by atomic mass is 10.0. The predicted octanol–water partition coefficient (Wildman–Crippen LogP) is 5.10. The molecule has 0 aliphatic rings. The topological polar surface area (TPSA) is 51.5 Å². The van der Waals surface area contributed by atoms with Crippen molar-refractivity contribution < 1.29 is 13.9 Å². The highest BCUT2D eigenvalue weighted by atomic mass is 32.2. The van der Waals surface area contributed by atoms with E-state index in [9.17, 15) is 4.79 Å². The third-order valence-electron chi connectivity index (χ3n) is 4.39. The van der Waals surface area contributed by atoms with Crippen LogP contribution in [0.1, 0.15) is 40.2 Å². The maximum Gasteiger partial charge on any atom is 0.287 e. The molecule has 136 valence electrons. The molecule has 0 saturated carbocycles. The third kappa shape index (κ3) is 3.58. The van der Waals surface area contributed by atoms with Gasteiger partial charge in [0, 0.05) is 22.3 Å². The van der Waals surface area contributed by atoms with E-state index in [1.165, 1.54) is 0 Å². The zero-order valence-electron chi connectivity index (χ0n) is 15.5. The molecule has 26 heavy (non-hydrogen) atoms. The van der Waals surface area contributed by atoms with E-state index < -0.39 is 0 Å². The van der Waals surface area contributed by atoms with Crippen molar-refractivity contribution in [3.8, 4) is 5.75 Å². The summed E-state index contributed by atoms with van der Waals surface area (Å²) in [5, 5.41) is 4.05. The first-order chi connectivity index (χ1) is 12.5. The van der Waals surface area contributed by atoms with E-state index in [2.05, 4.69) is 5.32 Å². The number of hydrogen-bond acceptors (Lipinski definition) is 4. The van der Waals surface area contributed by atoms with E-state index in [4.69, 9.17) is 9.15 Å². The first-order valence-corrected chi connectivity index (χ1v) is 9.89. The molecule has 0 bridgehead atoms. The number of amides is 1. The minimum Gasteiger partial charge on any atom is -0.496 e. The van der Waals surface area contributed by atoms with Gasteiger partial charge in [0.15, 0.2) is 5.76 Å². The number of aryl methyl sites for hydroxylation is 1. The number of thioether (sulfide) groups is 1. The van der Waals surface area contributed by atoms with E-state index in [0.29, 0.717) is 5.76 Å². The summed E-state index contributed by atoms with van der Waals surface area (Å²) in [6.07, 6.45) is 2.02. The Morgan fingerprint density at radius 3 is 2.77 bits per heavy atom. The third-order valence-corrected chi connectivity index (χ3v) is 4.97. The van der Waals surface area contributed by atoms with Gasteiger partial charge in [-0.05, 0) is 32.2 Å². The van der Waals surface area contributed by atoms with E-state index in [-0.39, 0.29) is 11.9 Å². The van der Waals surface area contributed by atoms with Gasteiger partial charge < -0.3 is 14.5 Å². The van der Waals surface area contributed by atoms with Crippen LogP contribution in [-0.2, 0) is 5.75 Å². The van der Waals surface area contributed by atoms with Crippen molar-refractivity contribution in [2.75, 3.05) is 13.4 Å². The molecule has 0 spiro atoms. The summed E-state index contributed by atoms with van der Waals surface area (Å²) >= 11 is 1.67. The average molecular weight is 369 g/mol. The van der Waals surface area contributed by atoms with Gasteiger partial charge in [0.05, 0.1) is 13.2 Å². The highest BCUT2D eigenvalue weighted by Gasteiger charge is 2.22. The molecule has 1 N–H and O–H groups in total. The Bertz CT molecular complexity index is 932. The number of rotatable bonds is 6. The molecule has 0 fully saturated rings. The fourth-order valence-electron chi connectivity index (χ4n) is 3.10. The minimum absolute atomic E-state index is 0.201. The summed E-state index contributed by atoms with van der Waals surface area (Å²) in [4.78, 5) is 12.9. The van der Waals surface area contributed by atoms with E-state index in [0.717, 1.165) is 39.2 Å². The highest BCUT2D eigenvalue weighted by molar-refractivity contribution is 7.97. The largest absolute Gasteiger partial charge is 0.496 e. The second-order valence-electron chi connectivity index (χ2n) is 6.28. The first-order valence-electron chi connectivity index (χ1n) is 8.50. The number of carbonyl (C=O) groups is 1. The molecule has 0 aliphatic heterocycles. The number of benzene rings is 2. The molecule has 3 aromatic rings. The number of nitrogens with one attached hydrogen (secondary N) is 1. The minimum atomic E-state index is -0.207. The predicted molar refractivity (Wildman–Crippen MR) is 107 cm³/mol. The number of furan rings is 1. The van der Waals surface area contributed by atoms with Crippen LogP contribution in [0.5, 0.6) is 5.75 Å². The lowest BCUT2D eigenvalue weighted by molar-refractivity contribution is 0.0912. The summed E-state index contributed by atoms with van der Waals surface area (Å²) in [7, 11) is 1.64. The Kier molecular flexibility index (Phi) is 5.57. The van der Waals surface area contributed by atoms with Crippen LogP contribution < -0.4 is 10.1 Å². The quantitative estimate of drug-likeness (QED) is 0.656. The Balaban J connectivity index is 1.92. The van der Waals surface area contributed by atoms with Gasteiger partial charge in [0.1, 0.15) is 11.3 Å². The van der Waals surface area contributed by atoms with Crippen molar-refractivity contribution in [1.29, 1.82) is 0 Å². The van der Waals surface area contributed by atoms with Gasteiger partial charge in [-0.1, -0.05) is 35.9 Å². The molecule has 1 amide bonds. The number of carbonyl (C=O) groups excluding carboxylic acids is 1. The molecule has 0 aliphatic carbocycles. The molecule has 1 heterocycles. The van der Waals surface area contributed by atoms with Crippen LogP contribution in [0.25, 0.3) is 11.0 Å². The summed E-state index contributed by atoms with van der Waals surface area (Å²) < 4.78 is 11.3. The van der Waals surface area contributed by atoms with Gasteiger partial charge in [-0.2, -0.15) is 11.8 Å². The number of ether oxygens (including phenoxy) is 1. The second kappa shape index (κ2) is 7.87. The number of methoxy groups -OCH3 is 1. The van der Waals surface area contributed by atoms with E-state index >= 15 is 0 Å². The van der Waals surface area contributed by atoms with Crippen LogP contribution in [0.3, 0.4) is 0 Å². The smallest absolute Gasteiger partial charge is 0.287 e.